The molecule has 2 aliphatic rings. The topological polar surface area (TPSA) is 63.2 Å². The fraction of sp³-hybridized carbons (Fsp3) is 0.444. The average molecular weight is 380 g/mol. The Kier molecular flexibility index (Phi) is 5.93. The lowest BCUT2D eigenvalue weighted by Crippen LogP contribution is -2.14. The van der Waals surface area contributed by atoms with Crippen LogP contribution in [-0.4, -0.2) is 30.6 Å². The Morgan fingerprint density at radius 1 is 1.44 bits per heavy atom. The number of carbonyl (C=O) groups excluding carboxylic acids is 1. The molecule has 25 heavy (non-hydrogen) atoms. The monoisotopic (exact) mass is 379 g/mol. The Labute approximate surface area is 157 Å². The molecule has 0 aliphatic carbocycles. The number of anilines is 1. The minimum Gasteiger partial charge on any atom is -0.493 e. The maximum absolute atomic E-state index is 12.1. The zero-order valence-corrected chi connectivity index (χ0v) is 15.5. The van der Waals surface area contributed by atoms with Crippen molar-refractivity contribution < 1.29 is 9.53 Å². The van der Waals surface area contributed by atoms with Crippen molar-refractivity contribution in [2.24, 2.45) is 5.92 Å². The van der Waals surface area contributed by atoms with Crippen LogP contribution in [0.2, 0.25) is 0 Å². The van der Waals surface area contributed by atoms with Gasteiger partial charge in [0.15, 0.2) is 5.13 Å². The van der Waals surface area contributed by atoms with Gasteiger partial charge < -0.3 is 15.4 Å². The van der Waals surface area contributed by atoms with Gasteiger partial charge in [-0.1, -0.05) is 0 Å². The smallest absolute Gasteiger partial charge is 0.226 e. The summed E-state index contributed by atoms with van der Waals surface area (Å²) in [6.07, 6.45) is 3.64. The van der Waals surface area contributed by atoms with Gasteiger partial charge in [0, 0.05) is 23.8 Å². The molecule has 2 N–H and O–H groups in total. The van der Waals surface area contributed by atoms with Gasteiger partial charge in [-0.3, -0.25) is 4.79 Å². The summed E-state index contributed by atoms with van der Waals surface area (Å²) in [6, 6.07) is 6.17. The number of ether oxygens (including phenoxy) is 1. The van der Waals surface area contributed by atoms with Crippen molar-refractivity contribution in [1.82, 2.24) is 10.3 Å². The molecule has 1 aromatic carbocycles. The molecule has 1 amide bonds. The van der Waals surface area contributed by atoms with E-state index in [1.165, 1.54) is 23.3 Å². The van der Waals surface area contributed by atoms with E-state index in [1.807, 2.05) is 17.5 Å². The van der Waals surface area contributed by atoms with Gasteiger partial charge in [-0.05, 0) is 55.6 Å². The van der Waals surface area contributed by atoms with Crippen molar-refractivity contribution in [2.75, 3.05) is 25.0 Å². The van der Waals surface area contributed by atoms with Crippen LogP contribution in [-0.2, 0) is 11.2 Å². The summed E-state index contributed by atoms with van der Waals surface area (Å²) < 4.78 is 5.54. The molecule has 0 spiro atoms. The van der Waals surface area contributed by atoms with E-state index >= 15 is 0 Å². The van der Waals surface area contributed by atoms with E-state index < -0.39 is 0 Å². The Morgan fingerprint density at radius 3 is 3.20 bits per heavy atom. The van der Waals surface area contributed by atoms with E-state index in [9.17, 15) is 4.79 Å². The summed E-state index contributed by atoms with van der Waals surface area (Å²) in [5.41, 5.74) is 3.22. The predicted octanol–water partition coefficient (Wildman–Crippen LogP) is 3.50. The van der Waals surface area contributed by atoms with Crippen LogP contribution in [0.5, 0.6) is 5.75 Å². The molecule has 3 heterocycles. The minimum absolute atomic E-state index is 0. The Hall–Kier alpha value is -1.63. The quantitative estimate of drug-likeness (QED) is 0.834. The fourth-order valence-electron chi connectivity index (χ4n) is 3.29. The number of benzene rings is 1. The molecule has 134 valence electrons. The van der Waals surface area contributed by atoms with Gasteiger partial charge >= 0.3 is 0 Å². The second-order valence-electron chi connectivity index (χ2n) is 6.40. The summed E-state index contributed by atoms with van der Waals surface area (Å²) >= 11 is 1.48. The highest BCUT2D eigenvalue weighted by molar-refractivity contribution is 7.14. The summed E-state index contributed by atoms with van der Waals surface area (Å²) in [6.45, 7) is 2.87. The highest BCUT2D eigenvalue weighted by Gasteiger charge is 2.17. The van der Waals surface area contributed by atoms with E-state index in [1.54, 1.807) is 0 Å². The van der Waals surface area contributed by atoms with Crippen molar-refractivity contribution in [3.05, 3.63) is 29.1 Å². The van der Waals surface area contributed by atoms with Gasteiger partial charge in [-0.2, -0.15) is 0 Å². The Balaban J connectivity index is 0.00000182. The van der Waals surface area contributed by atoms with Crippen LogP contribution in [0, 0.1) is 5.92 Å². The van der Waals surface area contributed by atoms with Gasteiger partial charge in [0.25, 0.3) is 0 Å². The molecule has 4 rings (SSSR count). The SMILES string of the molecule is Cl.O=C(CCC1CCNC1)Nc1nc(-c2ccc3c(c2)CCO3)cs1. The summed E-state index contributed by atoms with van der Waals surface area (Å²) in [4.78, 5) is 16.6. The van der Waals surface area contributed by atoms with Crippen LogP contribution in [0.15, 0.2) is 23.6 Å². The van der Waals surface area contributed by atoms with Crippen LogP contribution < -0.4 is 15.4 Å². The standard InChI is InChI=1S/C18H21N3O2S.ClH/c22-17(4-1-12-5-7-19-10-12)21-18-20-15(11-24-18)13-2-3-16-14(9-13)6-8-23-16;/h2-3,9,11-12,19H,1,4-8,10H2,(H,20,21,22);1H. The van der Waals surface area contributed by atoms with Crippen LogP contribution >= 0.6 is 23.7 Å². The molecule has 2 aliphatic heterocycles. The first-order chi connectivity index (χ1) is 11.8. The maximum Gasteiger partial charge on any atom is 0.226 e. The number of nitrogens with one attached hydrogen (secondary N) is 2. The van der Waals surface area contributed by atoms with E-state index in [0.717, 1.165) is 49.5 Å². The van der Waals surface area contributed by atoms with Crippen molar-refractivity contribution in [3.8, 4) is 17.0 Å². The number of amides is 1. The first kappa shape index (κ1) is 18.2. The summed E-state index contributed by atoms with van der Waals surface area (Å²) in [5.74, 6) is 1.67. The lowest BCUT2D eigenvalue weighted by Gasteiger charge is -2.07. The average Bonchev–Trinajstić information content (AvgIpc) is 3.33. The highest BCUT2D eigenvalue weighted by Crippen LogP contribution is 2.32. The first-order valence-electron chi connectivity index (χ1n) is 8.50. The van der Waals surface area contributed by atoms with Gasteiger partial charge in [0.2, 0.25) is 5.91 Å². The van der Waals surface area contributed by atoms with Crippen LogP contribution in [0.1, 0.15) is 24.8 Å². The molecule has 1 saturated heterocycles. The zero-order valence-electron chi connectivity index (χ0n) is 13.9. The van der Waals surface area contributed by atoms with Crippen molar-refractivity contribution >= 4 is 34.8 Å². The lowest BCUT2D eigenvalue weighted by atomic mass is 10.0. The molecule has 0 radical (unpaired) electrons. The van der Waals surface area contributed by atoms with E-state index in [2.05, 4.69) is 21.7 Å². The maximum atomic E-state index is 12.1. The molecule has 1 unspecified atom stereocenters. The second kappa shape index (κ2) is 8.17. The zero-order chi connectivity index (χ0) is 16.4. The third kappa shape index (κ3) is 4.32. The molecule has 7 heteroatoms. The van der Waals surface area contributed by atoms with E-state index in [-0.39, 0.29) is 18.3 Å². The van der Waals surface area contributed by atoms with Crippen LogP contribution in [0.4, 0.5) is 5.13 Å². The molecule has 0 bridgehead atoms. The van der Waals surface area contributed by atoms with Crippen LogP contribution in [0.25, 0.3) is 11.3 Å². The van der Waals surface area contributed by atoms with Crippen LogP contribution in [0.3, 0.4) is 0 Å². The molecule has 1 fully saturated rings. The highest BCUT2D eigenvalue weighted by atomic mass is 35.5. The number of fused-ring (bicyclic) bond motifs is 1. The molecule has 5 nitrogen and oxygen atoms in total. The number of hydrogen-bond acceptors (Lipinski definition) is 5. The van der Waals surface area contributed by atoms with Gasteiger partial charge in [0.1, 0.15) is 5.75 Å². The van der Waals surface area contributed by atoms with Gasteiger partial charge in [-0.15, -0.1) is 23.7 Å². The summed E-state index contributed by atoms with van der Waals surface area (Å²) in [5, 5.41) is 8.94. The normalized spacial score (nSPS) is 18.3. The van der Waals surface area contributed by atoms with Gasteiger partial charge in [0.05, 0.1) is 12.3 Å². The molecular formula is C18H22ClN3O2S. The molecular weight excluding hydrogens is 358 g/mol. The minimum atomic E-state index is 0. The number of carbonyl (C=O) groups is 1. The van der Waals surface area contributed by atoms with E-state index in [0.29, 0.717) is 17.5 Å². The number of rotatable bonds is 5. The number of hydrogen-bond donors (Lipinski definition) is 2. The second-order valence-corrected chi connectivity index (χ2v) is 7.26. The number of aromatic nitrogens is 1. The molecule has 0 saturated carbocycles. The largest absolute Gasteiger partial charge is 0.493 e. The Morgan fingerprint density at radius 2 is 2.36 bits per heavy atom. The first-order valence-corrected chi connectivity index (χ1v) is 9.38. The van der Waals surface area contributed by atoms with Crippen molar-refractivity contribution in [1.29, 1.82) is 0 Å². The Bertz CT molecular complexity index is 744. The van der Waals surface area contributed by atoms with Crippen molar-refractivity contribution in [3.63, 3.8) is 0 Å². The number of thiazole rings is 1. The number of nitrogens with zero attached hydrogens (tertiary/aromatic N) is 1. The van der Waals surface area contributed by atoms with E-state index in [4.69, 9.17) is 4.74 Å². The molecule has 1 aromatic heterocycles. The molecule has 1 atom stereocenters. The van der Waals surface area contributed by atoms with Crippen molar-refractivity contribution in [2.45, 2.75) is 25.7 Å². The fourth-order valence-corrected chi connectivity index (χ4v) is 4.02. The lowest BCUT2D eigenvalue weighted by molar-refractivity contribution is -0.116. The number of halogens is 1. The predicted molar refractivity (Wildman–Crippen MR) is 103 cm³/mol. The third-order valence-corrected chi connectivity index (χ3v) is 5.44. The third-order valence-electron chi connectivity index (χ3n) is 4.68. The van der Waals surface area contributed by atoms with Gasteiger partial charge in [-0.25, -0.2) is 4.98 Å². The molecule has 2 aromatic rings. The summed E-state index contributed by atoms with van der Waals surface area (Å²) in [7, 11) is 0.